The molecule has 1 saturated heterocycles. The van der Waals surface area contributed by atoms with Crippen molar-refractivity contribution in [3.05, 3.63) is 63.7 Å². The second kappa shape index (κ2) is 42.8. The third-order valence-corrected chi connectivity index (χ3v) is 16.8. The maximum absolute atomic E-state index is 14.6. The number of amides is 11. The number of hydrogen-bond donors (Lipinski definition) is 19. The summed E-state index contributed by atoms with van der Waals surface area (Å²) in [5, 5.41) is 73.2. The lowest BCUT2D eigenvalue weighted by molar-refractivity contribution is -0.385. The number of rotatable bonds is 45. The van der Waals surface area contributed by atoms with Crippen LogP contribution >= 0.6 is 11.8 Å². The number of guanidine groups is 2. The first-order chi connectivity index (χ1) is 48.1. The van der Waals surface area contributed by atoms with Crippen molar-refractivity contribution in [2.45, 2.75) is 178 Å². The number of thioether (sulfide) groups is 1. The highest BCUT2D eigenvalue weighted by atomic mass is 32.2. The molecule has 562 valence electrons. The molecule has 0 radical (unpaired) electrons. The molecular weight excluding hydrogens is 1360 g/mol. The van der Waals surface area contributed by atoms with Gasteiger partial charge in [0.2, 0.25) is 59.1 Å². The van der Waals surface area contributed by atoms with E-state index in [-0.39, 0.29) is 99.1 Å². The first-order valence-electron chi connectivity index (χ1n) is 32.5. The van der Waals surface area contributed by atoms with E-state index in [1.165, 1.54) is 41.8 Å². The van der Waals surface area contributed by atoms with E-state index in [4.69, 9.17) is 34.4 Å². The van der Waals surface area contributed by atoms with Crippen molar-refractivity contribution in [1.82, 2.24) is 52.8 Å². The van der Waals surface area contributed by atoms with Crippen LogP contribution in [-0.2, 0) is 68.7 Å². The highest BCUT2D eigenvalue weighted by molar-refractivity contribution is 7.98. The number of phenols is 1. The monoisotopic (exact) mass is 1460 g/mol. The van der Waals surface area contributed by atoms with Gasteiger partial charge in [-0.1, -0.05) is 38.5 Å². The smallest absolute Gasteiger partial charge is 0.326 e. The molecule has 25 N–H and O–H groups in total. The second-order valence-corrected chi connectivity index (χ2v) is 24.9. The molecule has 1 fully saturated rings. The first-order valence-corrected chi connectivity index (χ1v) is 33.9. The molecule has 1 heterocycles. The lowest BCUT2D eigenvalue weighted by Crippen LogP contribution is -2.61. The number of nitrogens with one attached hydrogen (secondary N) is 9. The number of nitrogens with two attached hydrogens (primary N) is 6. The quantitative estimate of drug-likeness (QED) is 0.00753. The van der Waals surface area contributed by atoms with E-state index in [0.29, 0.717) is 6.42 Å². The lowest BCUT2D eigenvalue weighted by Gasteiger charge is -2.30. The lowest BCUT2D eigenvalue weighted by atomic mass is 9.96. The number of aliphatic carboxylic acids is 3. The highest BCUT2D eigenvalue weighted by Gasteiger charge is 2.40. The fourth-order valence-corrected chi connectivity index (χ4v) is 10.9. The maximum Gasteiger partial charge on any atom is 0.326 e. The number of nitro groups is 1. The average Bonchev–Trinajstić information content (AvgIpc) is 1.56. The van der Waals surface area contributed by atoms with Gasteiger partial charge in [0.05, 0.1) is 10.5 Å². The summed E-state index contributed by atoms with van der Waals surface area (Å²) in [7, 11) is 0. The van der Waals surface area contributed by atoms with E-state index in [1.807, 2.05) is 0 Å². The molecule has 2 aromatic rings. The van der Waals surface area contributed by atoms with Gasteiger partial charge in [-0.3, -0.25) is 82.4 Å². The molecule has 0 saturated carbocycles. The Balaban J connectivity index is 1.96. The predicted octanol–water partition coefficient (Wildman–Crippen LogP) is -3.90. The molecule has 0 aliphatic carbocycles. The summed E-state index contributed by atoms with van der Waals surface area (Å²) in [6.45, 7) is 4.42. The zero-order chi connectivity index (χ0) is 76.5. The van der Waals surface area contributed by atoms with E-state index in [0.717, 1.165) is 12.1 Å². The van der Waals surface area contributed by atoms with Gasteiger partial charge in [-0.15, -0.1) is 0 Å². The van der Waals surface area contributed by atoms with Gasteiger partial charge in [-0.2, -0.15) is 11.8 Å². The molecule has 39 nitrogen and oxygen atoms in total. The molecule has 11 amide bonds. The van der Waals surface area contributed by atoms with Gasteiger partial charge in [0, 0.05) is 57.1 Å². The van der Waals surface area contributed by atoms with Gasteiger partial charge in [-0.05, 0) is 113 Å². The number of aliphatic imine (C=N–C) groups is 2. The maximum atomic E-state index is 14.6. The number of nitrogens with zero attached hydrogens (tertiary/aromatic N) is 4. The van der Waals surface area contributed by atoms with Crippen molar-refractivity contribution in [1.29, 1.82) is 0 Å². The first kappa shape index (κ1) is 85.1. The number of para-hydroxylation sites is 1. The van der Waals surface area contributed by atoms with E-state index < -0.39 is 211 Å². The van der Waals surface area contributed by atoms with E-state index in [9.17, 15) is 97.7 Å². The SMILES string of the molecule is CC[C@H](C)[C@H](NC(=O)[C@H](CCC(=O)O)NC(=O)[C@H](CCC(=O)O)NC(=O)[C@@H]1CCCN1C(=O)[C@H](C)NC(=O)c1ccccc1N)C(=O)N[C@@H](CCSC)C(=O)N[C@@H](CCCN=C(N)N)C(=O)N[C@@H](CCCN=C(N)N)C(=O)N[C@@H](CCC(N)=O)C(=O)N[C@@H](Cc1ccc(O)c([N+](=O)[O-])c1)C(=O)O. The minimum atomic E-state index is -1.82. The van der Waals surface area contributed by atoms with Crippen LogP contribution in [-0.4, -0.2) is 217 Å². The fraction of sp³-hybridized carbons (Fsp3) is 0.548. The Bertz CT molecular complexity index is 3410. The van der Waals surface area contributed by atoms with Crippen LogP contribution in [0.2, 0.25) is 0 Å². The van der Waals surface area contributed by atoms with Gasteiger partial charge in [-0.25, -0.2) is 4.79 Å². The Labute approximate surface area is 589 Å². The minimum absolute atomic E-state index is 0.0104. The van der Waals surface area contributed by atoms with Crippen molar-refractivity contribution >= 4 is 118 Å². The molecular formula is C62H93N19O20S. The number of nitro benzene ring substituents is 1. The molecule has 1 aliphatic rings. The van der Waals surface area contributed by atoms with Crippen molar-refractivity contribution in [2.24, 2.45) is 44.6 Å². The van der Waals surface area contributed by atoms with Crippen LogP contribution in [0.25, 0.3) is 0 Å². The number of aromatic hydroxyl groups is 1. The van der Waals surface area contributed by atoms with E-state index in [2.05, 4.69) is 57.8 Å². The Kier molecular flexibility index (Phi) is 35.7. The number of carbonyl (C=O) groups excluding carboxylic acids is 11. The topological polar surface area (TPSA) is 655 Å². The molecule has 11 atom stereocenters. The van der Waals surface area contributed by atoms with Gasteiger partial charge < -0.3 is 108 Å². The molecule has 0 aromatic heterocycles. The van der Waals surface area contributed by atoms with Gasteiger partial charge in [0.25, 0.3) is 5.91 Å². The van der Waals surface area contributed by atoms with Crippen LogP contribution in [0.15, 0.2) is 52.4 Å². The summed E-state index contributed by atoms with van der Waals surface area (Å²) in [4.78, 5) is 209. The summed E-state index contributed by atoms with van der Waals surface area (Å²) < 4.78 is 0. The molecule has 3 rings (SSSR count). The number of hydrogen-bond acceptors (Lipinski definition) is 21. The Morgan fingerprint density at radius 1 is 0.618 bits per heavy atom. The Morgan fingerprint density at radius 3 is 1.54 bits per heavy atom. The third-order valence-electron chi connectivity index (χ3n) is 16.1. The Morgan fingerprint density at radius 2 is 1.08 bits per heavy atom. The number of carboxylic acids is 3. The van der Waals surface area contributed by atoms with Crippen molar-refractivity contribution in [3.63, 3.8) is 0 Å². The molecule has 1 aliphatic heterocycles. The van der Waals surface area contributed by atoms with Gasteiger partial charge in [0.1, 0.15) is 60.4 Å². The fourth-order valence-electron chi connectivity index (χ4n) is 10.4. The van der Waals surface area contributed by atoms with Crippen LogP contribution in [0.1, 0.15) is 127 Å². The van der Waals surface area contributed by atoms with E-state index >= 15 is 0 Å². The molecule has 0 bridgehead atoms. The van der Waals surface area contributed by atoms with Crippen LogP contribution < -0.4 is 82.3 Å². The number of likely N-dealkylation sites (tertiary alicyclic amines) is 1. The molecule has 102 heavy (non-hydrogen) atoms. The number of phenolic OH excluding ortho intramolecular Hbond substituents is 1. The van der Waals surface area contributed by atoms with Crippen molar-refractivity contribution in [3.8, 4) is 5.75 Å². The normalized spacial score (nSPS) is 15.3. The number of benzene rings is 2. The predicted molar refractivity (Wildman–Crippen MR) is 369 cm³/mol. The summed E-state index contributed by atoms with van der Waals surface area (Å²) in [5.41, 5.74) is 32.9. The minimum Gasteiger partial charge on any atom is -0.502 e. The van der Waals surface area contributed by atoms with Gasteiger partial charge >= 0.3 is 23.6 Å². The molecule has 0 unspecified atom stereocenters. The summed E-state index contributed by atoms with van der Waals surface area (Å²) in [6, 6.07) is -6.62. The summed E-state index contributed by atoms with van der Waals surface area (Å²) in [5.74, 6) is -17.2. The number of anilines is 1. The standard InChI is InChI=1S/C62H93N19O20S/c1-5-31(2)49(79-56(94)40(19-23-48(86)87)75-53(91)39(18-22-47(84)85)76-57(95)43-15-10-27-80(43)59(97)32(3)71-50(88)34-11-6-7-12-35(34)63)58(96)77-41(24-28-102-4)55(93)73-36(13-8-25-69-61(65)66)51(89)72-37(14-9-26-70-62(67)68)52(90)74-38(17-21-46(64)83)54(92)78-42(60(98)99)29-33-16-20-45(82)44(30-33)81(100)101/h6-7,11-12,16,20,30-32,36-43,49,82H,5,8-10,13-15,17-19,21-29,63H2,1-4H3,(H2,64,83)(H,71,88)(H,72,89)(H,73,93)(H,74,90)(H,75,91)(H,76,95)(H,77,96)(H,78,92)(H,79,94)(H,84,85)(H,86,87)(H,98,99)(H4,65,66,69)(H4,67,68,70)/t31-,32-,36-,37-,38-,39-,40-,41-,42-,43-,49-/m0/s1. The second-order valence-electron chi connectivity index (χ2n) is 23.9. The summed E-state index contributed by atoms with van der Waals surface area (Å²) in [6.07, 6.45) is -2.77. The number of nitrogen functional groups attached to an aromatic ring is 1. The number of carboxylic acid groups (broad SMARTS) is 3. The third kappa shape index (κ3) is 29.0. The van der Waals surface area contributed by atoms with Crippen LogP contribution in [0.3, 0.4) is 0 Å². The number of carbonyl (C=O) groups is 14. The molecule has 0 spiro atoms. The molecule has 40 heteroatoms. The van der Waals surface area contributed by atoms with Crippen LogP contribution in [0.4, 0.5) is 11.4 Å². The van der Waals surface area contributed by atoms with Gasteiger partial charge in [0.15, 0.2) is 17.7 Å². The van der Waals surface area contributed by atoms with Crippen LogP contribution in [0.5, 0.6) is 5.75 Å². The molecule has 2 aromatic carbocycles. The zero-order valence-corrected chi connectivity index (χ0v) is 57.6. The van der Waals surface area contributed by atoms with Crippen molar-refractivity contribution < 1.29 is 92.5 Å². The highest BCUT2D eigenvalue weighted by Crippen LogP contribution is 2.27. The zero-order valence-electron chi connectivity index (χ0n) is 56.8. The average molecular weight is 1460 g/mol. The number of primary amides is 1. The van der Waals surface area contributed by atoms with Crippen LogP contribution in [0, 0.1) is 16.0 Å². The summed E-state index contributed by atoms with van der Waals surface area (Å²) >= 11 is 1.25. The van der Waals surface area contributed by atoms with Crippen molar-refractivity contribution in [2.75, 3.05) is 37.4 Å². The largest absolute Gasteiger partial charge is 0.502 e. The van der Waals surface area contributed by atoms with E-state index in [1.54, 1.807) is 32.2 Å². The Hall–Kier alpha value is -11.1.